The molecule has 8 heterocycles. The van der Waals surface area contributed by atoms with E-state index >= 15 is 0 Å². The van der Waals surface area contributed by atoms with Crippen molar-refractivity contribution in [3.05, 3.63) is 158 Å². The quantitative estimate of drug-likeness (QED) is 0.0466. The van der Waals surface area contributed by atoms with Gasteiger partial charge in [-0.3, -0.25) is 19.2 Å². The largest absolute Gasteiger partial charge is 1.00 e. The molecule has 0 amide bonds. The molecule has 8 aromatic rings. The number of Topliss-reactive ketones (excluding diaryl/α,β-unsaturated/α-hetero) is 1. The summed E-state index contributed by atoms with van der Waals surface area (Å²) in [5.41, 5.74) is 8.24. The Morgan fingerprint density at radius 3 is 1.35 bits per heavy atom. The summed E-state index contributed by atoms with van der Waals surface area (Å²) in [5.74, 6) is 2.30. The third-order valence-corrected chi connectivity index (χ3v) is 17.6. The molecule has 94 heavy (non-hydrogen) atoms. The molecule has 8 aromatic heterocycles. The number of aliphatic hydroxyl groups is 2. The Kier molecular flexibility index (Phi) is 41.3. The number of fused-ring (bicyclic) bond motifs is 4. The van der Waals surface area contributed by atoms with Crippen LogP contribution in [0.5, 0.6) is 0 Å². The van der Waals surface area contributed by atoms with Crippen LogP contribution in [0.4, 0.5) is 0 Å². The number of carbonyl (C=O) groups excluding carboxylic acids is 4. The predicted molar refractivity (Wildman–Crippen MR) is 378 cm³/mol. The molecule has 0 saturated heterocycles. The molecule has 16 nitrogen and oxygen atoms in total. The van der Waals surface area contributed by atoms with Gasteiger partial charge < -0.3 is 39.4 Å². The van der Waals surface area contributed by atoms with Crippen LogP contribution in [0.1, 0.15) is 170 Å². The normalized spacial score (nSPS) is 15.6. The van der Waals surface area contributed by atoms with E-state index < -0.39 is 25.5 Å². The minimum atomic E-state index is -0.667. The number of hydrogen-bond acceptors (Lipinski definition) is 12. The molecule has 0 aliphatic heterocycles. The summed E-state index contributed by atoms with van der Waals surface area (Å²) in [7, 11) is 31.8. The van der Waals surface area contributed by atoms with Crippen molar-refractivity contribution in [3.63, 3.8) is 0 Å². The van der Waals surface area contributed by atoms with Crippen LogP contribution in [0.15, 0.2) is 136 Å². The Labute approximate surface area is 613 Å². The fourth-order valence-electron chi connectivity index (χ4n) is 12.4. The fraction of sp³-hybridized carbons (Fsp3) is 0.446. The fourth-order valence-corrected chi connectivity index (χ4v) is 12.4. The third-order valence-electron chi connectivity index (χ3n) is 17.6. The van der Waals surface area contributed by atoms with E-state index in [0.717, 1.165) is 85.3 Å². The van der Waals surface area contributed by atoms with E-state index in [2.05, 4.69) is 43.0 Å². The van der Waals surface area contributed by atoms with E-state index in [1.54, 1.807) is 44.2 Å². The molecular formula is C65H82B11N8Na2O8. The average Bonchev–Trinajstić information content (AvgIpc) is 1.79. The van der Waals surface area contributed by atoms with Gasteiger partial charge in [-0.1, -0.05) is 107 Å². The SMILES string of the molecule is CC(=O)C1CCCCC1.O=C(/C=C/c1cccn2cncc12)C1CCCCC1.O=CO[O-].O=Cc1cccn2cncc12.OC(/C=C/c1cccn2cncc12)C1CCCCC1.OC(CCc1cccn2cncc12)C1CCCCC1.[B].[B]B([B])B(B([B])[B])B([B])[B].[H-].[Na+].[Na+]. The Bertz CT molecular complexity index is 3470. The van der Waals surface area contributed by atoms with Gasteiger partial charge in [-0.05, 0) is 137 Å². The average molecular weight is 1270 g/mol. The zero-order valence-corrected chi connectivity index (χ0v) is 59.3. The number of aromatic nitrogens is 8. The Hall–Kier alpha value is -4.69. The second-order valence-electron chi connectivity index (χ2n) is 24.1. The van der Waals surface area contributed by atoms with Crippen molar-refractivity contribution in [2.75, 3.05) is 0 Å². The Morgan fingerprint density at radius 2 is 0.947 bits per heavy atom. The number of carbonyl (C=O) groups is 4. The monoisotopic (exact) mass is 1270 g/mol. The number of allylic oxidation sites excluding steroid dienone is 1. The van der Waals surface area contributed by atoms with E-state index in [1.165, 1.54) is 101 Å². The van der Waals surface area contributed by atoms with Gasteiger partial charge in [-0.25, -0.2) is 19.9 Å². The molecule has 465 valence electrons. The first-order valence-corrected chi connectivity index (χ1v) is 32.2. The molecule has 29 heteroatoms. The van der Waals surface area contributed by atoms with Crippen LogP contribution in [0.3, 0.4) is 0 Å². The van der Waals surface area contributed by atoms with Crippen molar-refractivity contribution in [1.82, 2.24) is 37.5 Å². The van der Waals surface area contributed by atoms with Gasteiger partial charge in [0.1, 0.15) is 5.78 Å². The van der Waals surface area contributed by atoms with Crippen LogP contribution in [0.25, 0.3) is 34.2 Å². The number of ketones is 2. The minimum Gasteiger partial charge on any atom is -1.00 e. The molecule has 2 atom stereocenters. The zero-order valence-electron chi connectivity index (χ0n) is 56.3. The number of aldehydes is 1. The van der Waals surface area contributed by atoms with E-state index in [9.17, 15) is 24.6 Å². The van der Waals surface area contributed by atoms with Crippen molar-refractivity contribution in [2.24, 2.45) is 23.7 Å². The summed E-state index contributed by atoms with van der Waals surface area (Å²) >= 11 is 0. The van der Waals surface area contributed by atoms with Gasteiger partial charge in [0.05, 0.1) is 84.4 Å². The maximum absolute atomic E-state index is 12.1. The van der Waals surface area contributed by atoms with Crippen LogP contribution in [0, 0.1) is 23.7 Å². The van der Waals surface area contributed by atoms with Crippen molar-refractivity contribution in [2.45, 2.75) is 160 Å². The van der Waals surface area contributed by atoms with Gasteiger partial charge in [-0.15, -0.1) is 0 Å². The number of nitrogens with zero attached hydrogens (tertiary/aromatic N) is 8. The molecule has 12 rings (SSSR count). The van der Waals surface area contributed by atoms with Crippen LogP contribution >= 0.6 is 0 Å². The molecule has 4 aliphatic rings. The van der Waals surface area contributed by atoms with Gasteiger partial charge >= 0.3 is 59.1 Å². The van der Waals surface area contributed by atoms with E-state index in [4.69, 9.17) is 56.5 Å². The second kappa shape index (κ2) is 46.5. The number of aryl methyl sites for hydroxylation is 1. The summed E-state index contributed by atoms with van der Waals surface area (Å²) in [5, 5.41) is 29.0. The van der Waals surface area contributed by atoms with Crippen LogP contribution in [-0.4, -0.2) is 165 Å². The molecule has 2 unspecified atom stereocenters. The van der Waals surface area contributed by atoms with Crippen molar-refractivity contribution >= 4 is 139 Å². The van der Waals surface area contributed by atoms with Crippen LogP contribution in [-0.2, 0) is 25.7 Å². The van der Waals surface area contributed by atoms with E-state index in [0.29, 0.717) is 29.1 Å². The molecular weight excluding hydrogens is 1190 g/mol. The standard InChI is InChI=1S/C16H22N2O.C16H20N2O.C16H18N2O.C8H6N2O.C8H14O.CH2O3.B10.B.2Na.H/c3*19-16(14-5-2-1-3-6-14)9-8-13-7-4-10-18-12-17-11-15(13)18;11-5-7-2-1-3-10-6-9-4-8(7)10;1-7(9)8-5-3-2-4-6-8;2-1-4-3;1-7(2)10(8(3)4)9(5)6;;;;/h4,7,10-12,14,16,19H,1-3,5-6,8-9H2;4,7-12,14,16,19H,1-3,5-6H2;4,7-12,14H,1-3,5-6H2;1-6H;8H,2-6H2,1H3;1,3H;;;;;/q;;;;;;;;2*+1;-1/p-1/b;2*9-8+;;;;;;;;. The molecule has 4 saturated carbocycles. The van der Waals surface area contributed by atoms with Gasteiger partial charge in [0.25, 0.3) is 6.47 Å². The number of pyridine rings is 4. The Balaban J connectivity index is 0.000000389. The van der Waals surface area contributed by atoms with Crippen molar-refractivity contribution < 1.29 is 100 Å². The van der Waals surface area contributed by atoms with Crippen LogP contribution < -0.4 is 64.4 Å². The maximum Gasteiger partial charge on any atom is 1.00 e. The van der Waals surface area contributed by atoms with Gasteiger partial charge in [0.2, 0.25) is 0 Å². The van der Waals surface area contributed by atoms with Crippen LogP contribution in [0.2, 0.25) is 0 Å². The third kappa shape index (κ3) is 27.7. The number of imidazole rings is 4. The van der Waals surface area contributed by atoms with Crippen molar-refractivity contribution in [1.29, 1.82) is 0 Å². The summed E-state index contributed by atoms with van der Waals surface area (Å²) in [6.07, 6.45) is 54.0. The minimum absolute atomic E-state index is 0. The first-order valence-electron chi connectivity index (χ1n) is 32.2. The summed E-state index contributed by atoms with van der Waals surface area (Å²) in [6.45, 7) is 1.54. The molecule has 2 N–H and O–H groups in total. The molecule has 4 fully saturated rings. The van der Waals surface area contributed by atoms with Gasteiger partial charge in [-0.2, -0.15) is 0 Å². The molecule has 0 spiro atoms. The number of aliphatic hydroxyl groups excluding tert-OH is 2. The van der Waals surface area contributed by atoms with Crippen molar-refractivity contribution in [3.8, 4) is 0 Å². The first kappa shape index (κ1) is 83.5. The maximum atomic E-state index is 12.1. The predicted octanol–water partition coefficient (Wildman–Crippen LogP) is 1.66. The van der Waals surface area contributed by atoms with E-state index in [-0.39, 0.29) is 99.3 Å². The topological polar surface area (TPSA) is 210 Å². The zero-order chi connectivity index (χ0) is 65.3. The summed E-state index contributed by atoms with van der Waals surface area (Å²) < 4.78 is 7.81. The summed E-state index contributed by atoms with van der Waals surface area (Å²) in [6, 6.07) is 15.8. The number of rotatable bonds is 16. The molecule has 15 radical (unpaired) electrons. The van der Waals surface area contributed by atoms with E-state index in [1.807, 2.05) is 110 Å². The molecule has 0 aromatic carbocycles. The first-order chi connectivity index (χ1) is 44.1. The second-order valence-corrected chi connectivity index (χ2v) is 24.1. The van der Waals surface area contributed by atoms with Gasteiger partial charge in [0, 0.05) is 128 Å². The molecule has 4 aliphatic carbocycles. The number of hydrogen-bond donors (Lipinski definition) is 2. The smallest absolute Gasteiger partial charge is 1.00 e. The molecule has 0 bridgehead atoms. The Morgan fingerprint density at radius 1 is 0.574 bits per heavy atom. The van der Waals surface area contributed by atoms with Gasteiger partial charge in [0.15, 0.2) is 12.1 Å². The summed E-state index contributed by atoms with van der Waals surface area (Å²) in [4.78, 5) is 61.0.